The Balaban J connectivity index is 1.76. The first kappa shape index (κ1) is 14.6. The highest BCUT2D eigenvalue weighted by atomic mass is 16.2. The number of carbonyl (C=O) groups excluding carboxylic acids is 1. The van der Waals surface area contributed by atoms with Crippen molar-refractivity contribution in [3.63, 3.8) is 0 Å². The van der Waals surface area contributed by atoms with Crippen molar-refractivity contribution >= 4 is 16.9 Å². The maximum Gasteiger partial charge on any atom is 0.315 e. The number of carbonyl (C=O) groups is 1. The zero-order valence-corrected chi connectivity index (χ0v) is 13.4. The summed E-state index contributed by atoms with van der Waals surface area (Å²) >= 11 is 0. The summed E-state index contributed by atoms with van der Waals surface area (Å²) in [6.45, 7) is 3.65. The fourth-order valence-electron chi connectivity index (χ4n) is 4.24. The number of para-hydroxylation sites is 1. The molecule has 0 saturated carbocycles. The maximum absolute atomic E-state index is 12.1. The van der Waals surface area contributed by atoms with Gasteiger partial charge in [-0.25, -0.2) is 4.79 Å². The summed E-state index contributed by atoms with van der Waals surface area (Å²) < 4.78 is 2.27. The molecule has 1 fully saturated rings. The number of nitrogens with two attached hydrogens (primary N) is 1. The van der Waals surface area contributed by atoms with E-state index in [9.17, 15) is 4.79 Å². The number of benzene rings is 1. The molecule has 0 radical (unpaired) electrons. The second kappa shape index (κ2) is 5.89. The van der Waals surface area contributed by atoms with Gasteiger partial charge in [0.1, 0.15) is 0 Å². The summed E-state index contributed by atoms with van der Waals surface area (Å²) in [5.41, 5.74) is 8.25. The number of amides is 2. The molecule has 1 aromatic heterocycles. The molecule has 0 aliphatic carbocycles. The Hall–Kier alpha value is -2.01. The quantitative estimate of drug-likeness (QED) is 0.895. The first-order valence-electron chi connectivity index (χ1n) is 8.58. The Bertz CT molecular complexity index is 717. The van der Waals surface area contributed by atoms with Crippen molar-refractivity contribution < 1.29 is 4.79 Å². The van der Waals surface area contributed by atoms with E-state index in [-0.39, 0.29) is 12.1 Å². The van der Waals surface area contributed by atoms with Gasteiger partial charge in [-0.05, 0) is 55.3 Å². The van der Waals surface area contributed by atoms with Gasteiger partial charge in [0.25, 0.3) is 0 Å². The Morgan fingerprint density at radius 3 is 2.83 bits per heavy atom. The molecule has 3 heterocycles. The van der Waals surface area contributed by atoms with Gasteiger partial charge in [-0.3, -0.25) is 0 Å². The lowest BCUT2D eigenvalue weighted by Crippen LogP contribution is -2.41. The van der Waals surface area contributed by atoms with Crippen LogP contribution in [0, 0.1) is 5.92 Å². The number of aromatic nitrogens is 1. The molecule has 5 heteroatoms. The van der Waals surface area contributed by atoms with Crippen LogP contribution in [0.5, 0.6) is 0 Å². The monoisotopic (exact) mass is 312 g/mol. The normalized spacial score (nSPS) is 22.3. The average Bonchev–Trinajstić information content (AvgIpc) is 2.90. The minimum atomic E-state index is -0.299. The van der Waals surface area contributed by atoms with E-state index in [0.717, 1.165) is 26.1 Å². The van der Waals surface area contributed by atoms with Crippen molar-refractivity contribution in [2.24, 2.45) is 11.7 Å². The van der Waals surface area contributed by atoms with Gasteiger partial charge >= 0.3 is 6.03 Å². The smallest absolute Gasteiger partial charge is 0.315 e. The zero-order valence-electron chi connectivity index (χ0n) is 13.4. The Labute approximate surface area is 136 Å². The lowest BCUT2D eigenvalue weighted by Gasteiger charge is -2.33. The van der Waals surface area contributed by atoms with Crippen LogP contribution < -0.4 is 11.1 Å². The molecule has 122 valence electrons. The number of nitrogens with one attached hydrogen (secondary N) is 1. The molecule has 0 spiro atoms. The minimum absolute atomic E-state index is 0.0930. The van der Waals surface area contributed by atoms with Gasteiger partial charge in [-0.1, -0.05) is 18.2 Å². The van der Waals surface area contributed by atoms with Crippen molar-refractivity contribution in [3.8, 4) is 0 Å². The number of urea groups is 1. The van der Waals surface area contributed by atoms with Crippen molar-refractivity contribution in [1.29, 1.82) is 0 Å². The molecule has 1 atom stereocenters. The molecular formula is C18H24N4O. The van der Waals surface area contributed by atoms with E-state index in [1.807, 2.05) is 4.90 Å². The summed E-state index contributed by atoms with van der Waals surface area (Å²) in [5.74, 6) is 0.653. The zero-order chi connectivity index (χ0) is 15.8. The fourth-order valence-corrected chi connectivity index (χ4v) is 4.24. The van der Waals surface area contributed by atoms with Gasteiger partial charge in [0.05, 0.1) is 11.6 Å². The molecule has 1 unspecified atom stereocenters. The summed E-state index contributed by atoms with van der Waals surface area (Å²) in [5, 5.41) is 4.67. The number of primary amides is 1. The van der Waals surface area contributed by atoms with Gasteiger partial charge in [0, 0.05) is 19.3 Å². The molecule has 2 aromatic rings. The van der Waals surface area contributed by atoms with E-state index in [1.165, 1.54) is 29.3 Å². The second-order valence-corrected chi connectivity index (χ2v) is 6.77. The molecule has 2 amide bonds. The topological polar surface area (TPSA) is 63.3 Å². The third kappa shape index (κ3) is 2.59. The number of nitrogens with zero attached hydrogens (tertiary/aromatic N) is 2. The molecule has 1 aromatic carbocycles. The number of piperidine rings is 1. The molecule has 2 aliphatic heterocycles. The lowest BCUT2D eigenvalue weighted by atomic mass is 9.87. The van der Waals surface area contributed by atoms with Crippen LogP contribution in [0.4, 0.5) is 4.79 Å². The molecular weight excluding hydrogens is 288 g/mol. The van der Waals surface area contributed by atoms with Crippen molar-refractivity contribution in [1.82, 2.24) is 14.8 Å². The van der Waals surface area contributed by atoms with E-state index in [0.29, 0.717) is 12.5 Å². The largest absolute Gasteiger partial charge is 0.351 e. The fraction of sp³-hybridized carbons (Fsp3) is 0.500. The third-order valence-corrected chi connectivity index (χ3v) is 5.44. The van der Waals surface area contributed by atoms with Crippen LogP contribution in [0.1, 0.15) is 30.9 Å². The number of hydrogen-bond donors (Lipinski definition) is 2. The first-order chi connectivity index (χ1) is 11.2. The van der Waals surface area contributed by atoms with Gasteiger partial charge < -0.3 is 20.5 Å². The Morgan fingerprint density at radius 1 is 1.22 bits per heavy atom. The van der Waals surface area contributed by atoms with E-state index < -0.39 is 0 Å². The van der Waals surface area contributed by atoms with Crippen LogP contribution in [-0.2, 0) is 6.54 Å². The molecule has 1 saturated heterocycles. The second-order valence-electron chi connectivity index (χ2n) is 6.77. The SMILES string of the molecule is NC(=O)N1CCn2ccc3cccc(c32)C1CC1CCNCC1. The van der Waals surface area contributed by atoms with E-state index >= 15 is 0 Å². The summed E-state index contributed by atoms with van der Waals surface area (Å²) in [6, 6.07) is 8.38. The van der Waals surface area contributed by atoms with E-state index in [4.69, 9.17) is 5.73 Å². The van der Waals surface area contributed by atoms with Crippen molar-refractivity contribution in [3.05, 3.63) is 36.0 Å². The van der Waals surface area contributed by atoms with Crippen LogP contribution in [0.25, 0.3) is 10.9 Å². The van der Waals surface area contributed by atoms with E-state index in [1.54, 1.807) is 0 Å². The Kier molecular flexibility index (Phi) is 3.73. The van der Waals surface area contributed by atoms with E-state index in [2.05, 4.69) is 40.3 Å². The van der Waals surface area contributed by atoms with Gasteiger partial charge in [0.15, 0.2) is 0 Å². The average molecular weight is 312 g/mol. The van der Waals surface area contributed by atoms with Gasteiger partial charge in [-0.2, -0.15) is 0 Å². The standard InChI is InChI=1S/C18H24N4O/c19-18(23)22-11-10-21-9-6-14-2-1-3-15(17(14)21)16(22)12-13-4-7-20-8-5-13/h1-3,6,9,13,16,20H,4-5,7-8,10-12H2,(H2,19,23). The summed E-state index contributed by atoms with van der Waals surface area (Å²) in [6.07, 6.45) is 5.50. The number of hydrogen-bond acceptors (Lipinski definition) is 2. The minimum Gasteiger partial charge on any atom is -0.351 e. The van der Waals surface area contributed by atoms with Crippen LogP contribution in [0.2, 0.25) is 0 Å². The maximum atomic E-state index is 12.1. The molecule has 3 N–H and O–H groups in total. The predicted octanol–water partition coefficient (Wildman–Crippen LogP) is 2.47. The number of rotatable bonds is 2. The Morgan fingerprint density at radius 2 is 2.04 bits per heavy atom. The van der Waals surface area contributed by atoms with Crippen LogP contribution >= 0.6 is 0 Å². The highest BCUT2D eigenvalue weighted by Crippen LogP contribution is 2.37. The van der Waals surface area contributed by atoms with Crippen LogP contribution in [-0.4, -0.2) is 35.1 Å². The summed E-state index contributed by atoms with van der Waals surface area (Å²) in [4.78, 5) is 14.0. The highest BCUT2D eigenvalue weighted by Gasteiger charge is 2.31. The molecule has 2 aliphatic rings. The predicted molar refractivity (Wildman–Crippen MR) is 91.2 cm³/mol. The third-order valence-electron chi connectivity index (χ3n) is 5.44. The van der Waals surface area contributed by atoms with Gasteiger partial charge in [-0.15, -0.1) is 0 Å². The highest BCUT2D eigenvalue weighted by molar-refractivity contribution is 5.85. The molecule has 5 nitrogen and oxygen atoms in total. The first-order valence-corrected chi connectivity index (χ1v) is 8.58. The van der Waals surface area contributed by atoms with Crippen LogP contribution in [0.3, 0.4) is 0 Å². The summed E-state index contributed by atoms with van der Waals surface area (Å²) in [7, 11) is 0. The van der Waals surface area contributed by atoms with Gasteiger partial charge in [0.2, 0.25) is 0 Å². The lowest BCUT2D eigenvalue weighted by molar-refractivity contribution is 0.165. The van der Waals surface area contributed by atoms with Crippen molar-refractivity contribution in [2.45, 2.75) is 31.8 Å². The molecule has 4 rings (SSSR count). The van der Waals surface area contributed by atoms with Crippen LogP contribution in [0.15, 0.2) is 30.5 Å². The molecule has 23 heavy (non-hydrogen) atoms. The van der Waals surface area contributed by atoms with Crippen molar-refractivity contribution in [2.75, 3.05) is 19.6 Å². The molecule has 0 bridgehead atoms.